The van der Waals surface area contributed by atoms with Crippen molar-refractivity contribution < 1.29 is 14.3 Å². The quantitative estimate of drug-likeness (QED) is 0.682. The van der Waals surface area contributed by atoms with Gasteiger partial charge in [0.2, 0.25) is 5.91 Å². The largest absolute Gasteiger partial charge is 0.486 e. The molecule has 0 aromatic heterocycles. The van der Waals surface area contributed by atoms with Crippen molar-refractivity contribution in [2.75, 3.05) is 37.9 Å². The molecule has 1 aliphatic rings. The fourth-order valence-electron chi connectivity index (χ4n) is 1.69. The molecular weight excluding hydrogens is 234 g/mol. The average molecular weight is 251 g/mol. The number of amides is 1. The fraction of sp³-hybridized carbons (Fsp3) is 0.417. The third kappa shape index (κ3) is 2.77. The maximum Gasteiger partial charge on any atom is 0.221 e. The SMILES string of the molecule is CNC(=O)CCNc1cc2c(cc1N)OCCO2. The van der Waals surface area contributed by atoms with Gasteiger partial charge in [-0.15, -0.1) is 0 Å². The molecule has 0 atom stereocenters. The number of nitrogens with two attached hydrogens (primary N) is 1. The van der Waals surface area contributed by atoms with Gasteiger partial charge in [0.05, 0.1) is 11.4 Å². The van der Waals surface area contributed by atoms with E-state index in [4.69, 9.17) is 15.2 Å². The van der Waals surface area contributed by atoms with Gasteiger partial charge in [-0.1, -0.05) is 0 Å². The fourth-order valence-corrected chi connectivity index (χ4v) is 1.69. The first-order valence-electron chi connectivity index (χ1n) is 5.84. The minimum atomic E-state index is -0.0152. The number of anilines is 2. The summed E-state index contributed by atoms with van der Waals surface area (Å²) in [5.74, 6) is 1.33. The molecule has 6 nitrogen and oxygen atoms in total. The Balaban J connectivity index is 2.02. The molecular formula is C12H17N3O3. The Morgan fingerprint density at radius 3 is 2.67 bits per heavy atom. The number of hydrogen-bond donors (Lipinski definition) is 3. The van der Waals surface area contributed by atoms with Gasteiger partial charge >= 0.3 is 0 Å². The van der Waals surface area contributed by atoms with Crippen LogP contribution in [0, 0.1) is 0 Å². The molecule has 0 bridgehead atoms. The summed E-state index contributed by atoms with van der Waals surface area (Å²) < 4.78 is 10.9. The summed E-state index contributed by atoms with van der Waals surface area (Å²) >= 11 is 0. The molecule has 6 heteroatoms. The van der Waals surface area contributed by atoms with Crippen LogP contribution in [0.25, 0.3) is 0 Å². The second-order valence-corrected chi connectivity index (χ2v) is 3.93. The smallest absolute Gasteiger partial charge is 0.221 e. The number of fused-ring (bicyclic) bond motifs is 1. The van der Waals surface area contributed by atoms with E-state index in [2.05, 4.69) is 10.6 Å². The number of hydrogen-bond acceptors (Lipinski definition) is 5. The molecule has 0 spiro atoms. The number of carbonyl (C=O) groups excluding carboxylic acids is 1. The first-order chi connectivity index (χ1) is 8.70. The van der Waals surface area contributed by atoms with Crippen molar-refractivity contribution in [2.24, 2.45) is 0 Å². The average Bonchev–Trinajstić information content (AvgIpc) is 2.39. The number of ether oxygens (including phenoxy) is 2. The molecule has 1 aliphatic heterocycles. The van der Waals surface area contributed by atoms with Crippen LogP contribution in [0.5, 0.6) is 11.5 Å². The standard InChI is InChI=1S/C12H17N3O3/c1-14-12(16)2-3-15-9-7-11-10(6-8(9)13)17-4-5-18-11/h6-7,15H,2-5,13H2,1H3,(H,14,16). The highest BCUT2D eigenvalue weighted by atomic mass is 16.6. The maximum atomic E-state index is 11.1. The first kappa shape index (κ1) is 12.3. The third-order valence-electron chi connectivity index (χ3n) is 2.66. The zero-order valence-corrected chi connectivity index (χ0v) is 10.3. The van der Waals surface area contributed by atoms with E-state index >= 15 is 0 Å². The van der Waals surface area contributed by atoms with Gasteiger partial charge in [-0.3, -0.25) is 4.79 Å². The molecule has 4 N–H and O–H groups in total. The lowest BCUT2D eigenvalue weighted by Crippen LogP contribution is -2.21. The van der Waals surface area contributed by atoms with Crippen LogP contribution in [0.3, 0.4) is 0 Å². The van der Waals surface area contributed by atoms with Crippen molar-refractivity contribution in [3.05, 3.63) is 12.1 Å². The van der Waals surface area contributed by atoms with Crippen molar-refractivity contribution in [2.45, 2.75) is 6.42 Å². The predicted octanol–water partition coefficient (Wildman–Crippen LogP) is 0.588. The lowest BCUT2D eigenvalue weighted by atomic mass is 10.2. The first-order valence-corrected chi connectivity index (χ1v) is 5.84. The lowest BCUT2D eigenvalue weighted by Gasteiger charge is -2.20. The van der Waals surface area contributed by atoms with Crippen LogP contribution in [-0.2, 0) is 4.79 Å². The van der Waals surface area contributed by atoms with E-state index in [9.17, 15) is 4.79 Å². The summed E-state index contributed by atoms with van der Waals surface area (Å²) in [5, 5.41) is 5.67. The predicted molar refractivity (Wildman–Crippen MR) is 69.0 cm³/mol. The van der Waals surface area contributed by atoms with E-state index in [0.717, 1.165) is 5.69 Å². The summed E-state index contributed by atoms with van der Waals surface area (Å²) in [6, 6.07) is 3.53. The molecule has 0 radical (unpaired) electrons. The molecule has 1 aromatic carbocycles. The summed E-state index contributed by atoms with van der Waals surface area (Å²) in [4.78, 5) is 11.1. The zero-order valence-electron chi connectivity index (χ0n) is 10.3. The summed E-state index contributed by atoms with van der Waals surface area (Å²) in [6.07, 6.45) is 0.393. The topological polar surface area (TPSA) is 85.6 Å². The molecule has 0 saturated carbocycles. The van der Waals surface area contributed by atoms with Gasteiger partial charge in [-0.25, -0.2) is 0 Å². The number of rotatable bonds is 4. The Bertz CT molecular complexity index is 448. The Hall–Kier alpha value is -2.11. The van der Waals surface area contributed by atoms with Crippen molar-refractivity contribution in [3.63, 3.8) is 0 Å². The van der Waals surface area contributed by atoms with Crippen LogP contribution in [0.4, 0.5) is 11.4 Å². The van der Waals surface area contributed by atoms with Gasteiger partial charge in [0, 0.05) is 32.1 Å². The Labute approximate surface area is 105 Å². The maximum absolute atomic E-state index is 11.1. The van der Waals surface area contributed by atoms with Crippen LogP contribution >= 0.6 is 0 Å². The number of nitrogens with one attached hydrogen (secondary N) is 2. The van der Waals surface area contributed by atoms with Gasteiger partial charge in [0.25, 0.3) is 0 Å². The minimum absolute atomic E-state index is 0.0152. The van der Waals surface area contributed by atoms with Crippen LogP contribution in [0.1, 0.15) is 6.42 Å². The van der Waals surface area contributed by atoms with Gasteiger partial charge in [0.1, 0.15) is 13.2 Å². The Morgan fingerprint density at radius 1 is 1.33 bits per heavy atom. The molecule has 18 heavy (non-hydrogen) atoms. The molecule has 1 heterocycles. The minimum Gasteiger partial charge on any atom is -0.486 e. The van der Waals surface area contributed by atoms with E-state index in [-0.39, 0.29) is 5.91 Å². The Morgan fingerprint density at radius 2 is 2.00 bits per heavy atom. The molecule has 0 aliphatic carbocycles. The zero-order chi connectivity index (χ0) is 13.0. The summed E-state index contributed by atoms with van der Waals surface area (Å²) in [6.45, 7) is 1.59. The van der Waals surface area contributed by atoms with Crippen LogP contribution in [0.2, 0.25) is 0 Å². The molecule has 98 valence electrons. The van der Waals surface area contributed by atoms with Crippen molar-refractivity contribution in [1.29, 1.82) is 0 Å². The monoisotopic (exact) mass is 251 g/mol. The van der Waals surface area contributed by atoms with E-state index < -0.39 is 0 Å². The molecule has 2 rings (SSSR count). The second kappa shape index (κ2) is 5.48. The third-order valence-corrected chi connectivity index (χ3v) is 2.66. The normalized spacial score (nSPS) is 12.9. The van der Waals surface area contributed by atoms with E-state index in [1.165, 1.54) is 0 Å². The van der Waals surface area contributed by atoms with E-state index in [0.29, 0.717) is 43.4 Å². The van der Waals surface area contributed by atoms with Crippen molar-refractivity contribution in [1.82, 2.24) is 5.32 Å². The van der Waals surface area contributed by atoms with Gasteiger partial charge < -0.3 is 25.8 Å². The second-order valence-electron chi connectivity index (χ2n) is 3.93. The van der Waals surface area contributed by atoms with Crippen LogP contribution in [0.15, 0.2) is 12.1 Å². The molecule has 0 unspecified atom stereocenters. The van der Waals surface area contributed by atoms with E-state index in [1.807, 2.05) is 0 Å². The van der Waals surface area contributed by atoms with Crippen LogP contribution in [-0.4, -0.2) is 32.7 Å². The Kier molecular flexibility index (Phi) is 3.76. The highest BCUT2D eigenvalue weighted by Gasteiger charge is 2.14. The number of carbonyl (C=O) groups is 1. The van der Waals surface area contributed by atoms with Gasteiger partial charge in [-0.05, 0) is 0 Å². The molecule has 0 saturated heterocycles. The van der Waals surface area contributed by atoms with Crippen LogP contribution < -0.4 is 25.8 Å². The summed E-state index contributed by atoms with van der Waals surface area (Å²) in [5.41, 5.74) is 7.23. The summed E-state index contributed by atoms with van der Waals surface area (Å²) in [7, 11) is 1.61. The molecule has 0 fully saturated rings. The number of benzene rings is 1. The highest BCUT2D eigenvalue weighted by molar-refractivity contribution is 5.77. The molecule has 1 aromatic rings. The van der Waals surface area contributed by atoms with Gasteiger partial charge in [-0.2, -0.15) is 0 Å². The van der Waals surface area contributed by atoms with E-state index in [1.54, 1.807) is 19.2 Å². The highest BCUT2D eigenvalue weighted by Crippen LogP contribution is 2.36. The van der Waals surface area contributed by atoms with Crippen molar-refractivity contribution >= 4 is 17.3 Å². The molecule has 1 amide bonds. The van der Waals surface area contributed by atoms with Crippen molar-refractivity contribution in [3.8, 4) is 11.5 Å². The van der Waals surface area contributed by atoms with Gasteiger partial charge in [0.15, 0.2) is 11.5 Å². The lowest BCUT2D eigenvalue weighted by molar-refractivity contribution is -0.120. The number of nitrogen functional groups attached to an aromatic ring is 1.